The summed E-state index contributed by atoms with van der Waals surface area (Å²) < 4.78 is 0. The van der Waals surface area contributed by atoms with Crippen LogP contribution in [-0.4, -0.2) is 21.5 Å². The fraction of sp³-hybridized carbons (Fsp3) is 0.250. The fourth-order valence-corrected chi connectivity index (χ4v) is 2.16. The van der Waals surface area contributed by atoms with Gasteiger partial charge in [0.05, 0.1) is 6.20 Å². The first-order valence-corrected chi connectivity index (χ1v) is 6.30. The van der Waals surface area contributed by atoms with E-state index < -0.39 is 0 Å². The molecule has 0 aliphatic heterocycles. The minimum atomic E-state index is 0.826. The molecular weight excluding hydrogens is 232 g/mol. The third-order valence-corrected chi connectivity index (χ3v) is 3.14. The maximum atomic E-state index is 4.38. The second-order valence-corrected chi connectivity index (χ2v) is 4.40. The number of aromatic nitrogens is 3. The van der Waals surface area contributed by atoms with E-state index in [2.05, 4.69) is 33.3 Å². The van der Waals surface area contributed by atoms with Crippen molar-refractivity contribution in [1.29, 1.82) is 0 Å². The molecule has 0 bridgehead atoms. The molecule has 17 heavy (non-hydrogen) atoms. The van der Waals surface area contributed by atoms with Gasteiger partial charge in [-0.05, 0) is 29.9 Å². The molecule has 0 saturated carbocycles. The van der Waals surface area contributed by atoms with Crippen molar-refractivity contribution in [2.75, 3.05) is 6.54 Å². The van der Waals surface area contributed by atoms with Crippen molar-refractivity contribution in [2.24, 2.45) is 0 Å². The van der Waals surface area contributed by atoms with Crippen LogP contribution in [0.25, 0.3) is 0 Å². The normalized spacial score (nSPS) is 10.4. The van der Waals surface area contributed by atoms with Gasteiger partial charge in [0.15, 0.2) is 0 Å². The van der Waals surface area contributed by atoms with E-state index in [1.54, 1.807) is 24.8 Å². The molecule has 0 aromatic carbocycles. The molecule has 4 nitrogen and oxygen atoms in total. The lowest BCUT2D eigenvalue weighted by atomic mass is 10.3. The molecule has 0 unspecified atom stereocenters. The number of hydrogen-bond acceptors (Lipinski definition) is 5. The van der Waals surface area contributed by atoms with E-state index in [1.807, 2.05) is 6.07 Å². The molecule has 0 spiro atoms. The highest BCUT2D eigenvalue weighted by Crippen LogP contribution is 2.25. The SMILES string of the molecule is CCNCc1cccnc1Sc1cnccn1. The van der Waals surface area contributed by atoms with Crippen LogP contribution in [0, 0.1) is 0 Å². The standard InChI is InChI=1S/C12H14N4S/c1-2-13-8-10-4-3-5-16-12(10)17-11-9-14-6-7-15-11/h3-7,9,13H,2,8H2,1H3. The average Bonchev–Trinajstić information content (AvgIpc) is 2.39. The summed E-state index contributed by atoms with van der Waals surface area (Å²) in [4.78, 5) is 12.7. The predicted molar refractivity (Wildman–Crippen MR) is 67.8 cm³/mol. The molecule has 0 fully saturated rings. The number of hydrogen-bond donors (Lipinski definition) is 1. The van der Waals surface area contributed by atoms with Gasteiger partial charge in [-0.1, -0.05) is 13.0 Å². The molecule has 0 saturated heterocycles. The third-order valence-electron chi connectivity index (χ3n) is 2.16. The monoisotopic (exact) mass is 246 g/mol. The van der Waals surface area contributed by atoms with Crippen molar-refractivity contribution in [3.63, 3.8) is 0 Å². The Kier molecular flexibility index (Phi) is 4.46. The van der Waals surface area contributed by atoms with Crippen LogP contribution in [0.15, 0.2) is 47.0 Å². The molecule has 1 N–H and O–H groups in total. The smallest absolute Gasteiger partial charge is 0.121 e. The molecule has 88 valence electrons. The van der Waals surface area contributed by atoms with Crippen molar-refractivity contribution in [1.82, 2.24) is 20.3 Å². The summed E-state index contributed by atoms with van der Waals surface area (Å²) in [6.45, 7) is 3.86. The Morgan fingerprint density at radius 2 is 2.18 bits per heavy atom. The van der Waals surface area contributed by atoms with E-state index in [0.717, 1.165) is 23.1 Å². The van der Waals surface area contributed by atoms with E-state index >= 15 is 0 Å². The minimum Gasteiger partial charge on any atom is -0.313 e. The molecule has 0 aliphatic carbocycles. The first-order chi connectivity index (χ1) is 8.40. The minimum absolute atomic E-state index is 0.826. The van der Waals surface area contributed by atoms with Crippen LogP contribution in [0.5, 0.6) is 0 Å². The quantitative estimate of drug-likeness (QED) is 0.876. The first-order valence-electron chi connectivity index (χ1n) is 5.48. The van der Waals surface area contributed by atoms with E-state index in [1.165, 1.54) is 17.3 Å². The van der Waals surface area contributed by atoms with Crippen LogP contribution in [-0.2, 0) is 6.54 Å². The lowest BCUT2D eigenvalue weighted by Crippen LogP contribution is -2.12. The molecule has 5 heteroatoms. The van der Waals surface area contributed by atoms with Gasteiger partial charge in [-0.25, -0.2) is 9.97 Å². The van der Waals surface area contributed by atoms with E-state index in [0.29, 0.717) is 0 Å². The second kappa shape index (κ2) is 6.32. The van der Waals surface area contributed by atoms with Gasteiger partial charge in [0.1, 0.15) is 10.1 Å². The largest absolute Gasteiger partial charge is 0.313 e. The Bertz CT molecular complexity index is 461. The number of nitrogens with zero attached hydrogens (tertiary/aromatic N) is 3. The van der Waals surface area contributed by atoms with Crippen LogP contribution in [0.3, 0.4) is 0 Å². The Labute approximate surface area is 105 Å². The Morgan fingerprint density at radius 1 is 1.24 bits per heavy atom. The average molecular weight is 246 g/mol. The Morgan fingerprint density at radius 3 is 2.94 bits per heavy atom. The third kappa shape index (κ3) is 3.51. The van der Waals surface area contributed by atoms with Gasteiger partial charge < -0.3 is 5.32 Å². The van der Waals surface area contributed by atoms with Gasteiger partial charge in [-0.2, -0.15) is 0 Å². The topological polar surface area (TPSA) is 50.7 Å². The molecule has 2 aromatic rings. The van der Waals surface area contributed by atoms with Crippen molar-refractivity contribution in [3.8, 4) is 0 Å². The molecule has 0 amide bonds. The zero-order chi connectivity index (χ0) is 11.9. The summed E-state index contributed by atoms with van der Waals surface area (Å²) in [5.74, 6) is 0. The summed E-state index contributed by atoms with van der Waals surface area (Å²) >= 11 is 1.54. The van der Waals surface area contributed by atoms with Crippen molar-refractivity contribution in [2.45, 2.75) is 23.5 Å². The van der Waals surface area contributed by atoms with E-state index in [9.17, 15) is 0 Å². The summed E-state index contributed by atoms with van der Waals surface area (Å²) in [5.41, 5.74) is 1.19. The molecule has 0 aliphatic rings. The van der Waals surface area contributed by atoms with Gasteiger partial charge in [0.25, 0.3) is 0 Å². The predicted octanol–water partition coefficient (Wildman–Crippen LogP) is 2.13. The highest BCUT2D eigenvalue weighted by Gasteiger charge is 2.05. The van der Waals surface area contributed by atoms with Crippen LogP contribution in [0.1, 0.15) is 12.5 Å². The van der Waals surface area contributed by atoms with Crippen LogP contribution in [0.2, 0.25) is 0 Å². The summed E-state index contributed by atoms with van der Waals surface area (Å²) in [6, 6.07) is 4.03. The van der Waals surface area contributed by atoms with Gasteiger partial charge in [-0.3, -0.25) is 4.98 Å². The van der Waals surface area contributed by atoms with Crippen molar-refractivity contribution in [3.05, 3.63) is 42.5 Å². The molecule has 2 aromatic heterocycles. The van der Waals surface area contributed by atoms with E-state index in [-0.39, 0.29) is 0 Å². The highest BCUT2D eigenvalue weighted by atomic mass is 32.2. The maximum absolute atomic E-state index is 4.38. The Hall–Kier alpha value is -1.46. The van der Waals surface area contributed by atoms with Crippen molar-refractivity contribution >= 4 is 11.8 Å². The lowest BCUT2D eigenvalue weighted by Gasteiger charge is -2.07. The molecule has 2 heterocycles. The Balaban J connectivity index is 2.15. The zero-order valence-electron chi connectivity index (χ0n) is 9.63. The van der Waals surface area contributed by atoms with Gasteiger partial charge in [-0.15, -0.1) is 0 Å². The van der Waals surface area contributed by atoms with Crippen LogP contribution in [0.4, 0.5) is 0 Å². The van der Waals surface area contributed by atoms with Gasteiger partial charge in [0.2, 0.25) is 0 Å². The summed E-state index contributed by atoms with van der Waals surface area (Å²) in [7, 11) is 0. The van der Waals surface area contributed by atoms with Gasteiger partial charge in [0, 0.05) is 25.1 Å². The van der Waals surface area contributed by atoms with Gasteiger partial charge >= 0.3 is 0 Å². The summed E-state index contributed by atoms with van der Waals surface area (Å²) in [6.07, 6.45) is 6.90. The molecule has 0 atom stereocenters. The summed E-state index contributed by atoms with van der Waals surface area (Å²) in [5, 5.41) is 5.15. The van der Waals surface area contributed by atoms with Crippen LogP contribution < -0.4 is 5.32 Å². The number of rotatable bonds is 5. The van der Waals surface area contributed by atoms with Crippen molar-refractivity contribution < 1.29 is 0 Å². The van der Waals surface area contributed by atoms with E-state index in [4.69, 9.17) is 0 Å². The highest BCUT2D eigenvalue weighted by molar-refractivity contribution is 7.99. The lowest BCUT2D eigenvalue weighted by molar-refractivity contribution is 0.711. The fourth-order valence-electron chi connectivity index (χ4n) is 1.35. The molecule has 2 rings (SSSR count). The molecular formula is C12H14N4S. The second-order valence-electron chi connectivity index (χ2n) is 3.39. The number of nitrogens with one attached hydrogen (secondary N) is 1. The first kappa shape index (κ1) is 12.0. The van der Waals surface area contributed by atoms with Crippen LogP contribution >= 0.6 is 11.8 Å². The maximum Gasteiger partial charge on any atom is 0.121 e. The zero-order valence-corrected chi connectivity index (χ0v) is 10.4. The molecule has 0 radical (unpaired) electrons. The number of pyridine rings is 1.